The van der Waals surface area contributed by atoms with Gasteiger partial charge in [-0.2, -0.15) is 0 Å². The van der Waals surface area contributed by atoms with Crippen LogP contribution >= 0.6 is 0 Å². The number of piperidine rings is 1. The van der Waals surface area contributed by atoms with Crippen LogP contribution in [0, 0.1) is 5.92 Å². The topological polar surface area (TPSA) is 88.2 Å². The van der Waals surface area contributed by atoms with E-state index in [0.717, 1.165) is 6.42 Å². The van der Waals surface area contributed by atoms with E-state index in [-0.39, 0.29) is 36.8 Å². The summed E-state index contributed by atoms with van der Waals surface area (Å²) < 4.78 is 10.0. The fourth-order valence-electron chi connectivity index (χ4n) is 3.46. The molecule has 0 atom stereocenters. The maximum atomic E-state index is 12.8. The fourth-order valence-corrected chi connectivity index (χ4v) is 3.46. The molecule has 0 saturated carbocycles. The highest BCUT2D eigenvalue weighted by Crippen LogP contribution is 2.23. The highest BCUT2D eigenvalue weighted by Gasteiger charge is 2.27. The third-order valence-corrected chi connectivity index (χ3v) is 5.04. The number of nitrogens with one attached hydrogen (secondary N) is 1. The quantitative estimate of drug-likeness (QED) is 0.630. The predicted molar refractivity (Wildman–Crippen MR) is 110 cm³/mol. The van der Waals surface area contributed by atoms with E-state index in [4.69, 9.17) is 9.47 Å². The summed E-state index contributed by atoms with van der Waals surface area (Å²) in [5.41, 5.74) is 0.578. The number of ether oxygens (including phenoxy) is 2. The van der Waals surface area contributed by atoms with Gasteiger partial charge in [-0.15, -0.1) is 0 Å². The van der Waals surface area contributed by atoms with Crippen molar-refractivity contribution in [3.05, 3.63) is 24.3 Å². The number of nitrogens with zero attached hydrogens (tertiary/aromatic N) is 2. The molecule has 1 saturated heterocycles. The summed E-state index contributed by atoms with van der Waals surface area (Å²) in [6, 6.07) is 7.16. The number of rotatable bonds is 9. The predicted octanol–water partition coefficient (Wildman–Crippen LogP) is 1.76. The Bertz CT molecular complexity index is 701. The summed E-state index contributed by atoms with van der Waals surface area (Å²) in [5.74, 6) is -0.0525. The minimum absolute atomic E-state index is 0.0106. The Morgan fingerprint density at radius 3 is 2.48 bits per heavy atom. The van der Waals surface area contributed by atoms with Gasteiger partial charge in [-0.1, -0.05) is 19.1 Å². The molecule has 160 valence electrons. The summed E-state index contributed by atoms with van der Waals surface area (Å²) in [6.07, 6.45) is 2.13. The van der Waals surface area contributed by atoms with Crippen molar-refractivity contribution in [2.75, 3.05) is 52.3 Å². The van der Waals surface area contributed by atoms with E-state index in [0.29, 0.717) is 43.9 Å². The average molecular weight is 405 g/mol. The van der Waals surface area contributed by atoms with Crippen molar-refractivity contribution in [1.29, 1.82) is 0 Å². The molecule has 8 nitrogen and oxygen atoms in total. The number of amides is 2. The monoisotopic (exact) mass is 405 g/mol. The van der Waals surface area contributed by atoms with Crippen molar-refractivity contribution in [3.63, 3.8) is 0 Å². The van der Waals surface area contributed by atoms with Gasteiger partial charge >= 0.3 is 5.97 Å². The third-order valence-electron chi connectivity index (χ3n) is 5.04. The van der Waals surface area contributed by atoms with Gasteiger partial charge < -0.3 is 19.7 Å². The Labute approximate surface area is 172 Å². The number of anilines is 1. The van der Waals surface area contributed by atoms with Gasteiger partial charge in [0.1, 0.15) is 5.75 Å². The van der Waals surface area contributed by atoms with Crippen LogP contribution in [0.5, 0.6) is 5.75 Å². The standard InChI is InChI=1S/C21H31N3O5/c1-4-11-24(14-19(25)22-17-7-5-6-8-18(17)28-2)20(26)15-23-12-9-16(10-13-23)21(27)29-3/h5-8,16H,4,9-15H2,1-3H3,(H,22,25). The van der Waals surface area contributed by atoms with Crippen LogP contribution in [-0.4, -0.2) is 74.5 Å². The first-order valence-corrected chi connectivity index (χ1v) is 9.99. The van der Waals surface area contributed by atoms with Crippen LogP contribution in [-0.2, 0) is 19.1 Å². The van der Waals surface area contributed by atoms with E-state index in [9.17, 15) is 14.4 Å². The van der Waals surface area contributed by atoms with Gasteiger partial charge in [0.05, 0.1) is 38.9 Å². The molecular weight excluding hydrogens is 374 g/mol. The van der Waals surface area contributed by atoms with Crippen molar-refractivity contribution in [2.45, 2.75) is 26.2 Å². The molecule has 1 heterocycles. The summed E-state index contributed by atoms with van der Waals surface area (Å²) in [4.78, 5) is 40.5. The zero-order chi connectivity index (χ0) is 21.2. The molecule has 29 heavy (non-hydrogen) atoms. The van der Waals surface area contributed by atoms with Gasteiger partial charge in [0.25, 0.3) is 0 Å². The second-order valence-corrected chi connectivity index (χ2v) is 7.14. The van der Waals surface area contributed by atoms with Crippen LogP contribution in [0.1, 0.15) is 26.2 Å². The van der Waals surface area contributed by atoms with Crippen LogP contribution < -0.4 is 10.1 Å². The Morgan fingerprint density at radius 1 is 1.17 bits per heavy atom. The number of methoxy groups -OCH3 is 2. The Morgan fingerprint density at radius 2 is 1.86 bits per heavy atom. The first kappa shape index (κ1) is 22.7. The van der Waals surface area contributed by atoms with Crippen molar-refractivity contribution < 1.29 is 23.9 Å². The van der Waals surface area contributed by atoms with E-state index in [1.54, 1.807) is 24.1 Å². The molecule has 1 N–H and O–H groups in total. The van der Waals surface area contributed by atoms with E-state index in [1.165, 1.54) is 7.11 Å². The summed E-state index contributed by atoms with van der Waals surface area (Å²) in [6.45, 7) is 4.05. The van der Waals surface area contributed by atoms with E-state index < -0.39 is 0 Å². The van der Waals surface area contributed by atoms with Gasteiger partial charge in [-0.3, -0.25) is 19.3 Å². The molecule has 1 fully saturated rings. The lowest BCUT2D eigenvalue weighted by Crippen LogP contribution is -2.46. The van der Waals surface area contributed by atoms with Gasteiger partial charge in [-0.05, 0) is 44.5 Å². The Kier molecular flexibility index (Phi) is 8.92. The second-order valence-electron chi connectivity index (χ2n) is 7.14. The Balaban J connectivity index is 1.89. The van der Waals surface area contributed by atoms with Crippen molar-refractivity contribution in [3.8, 4) is 5.75 Å². The number of benzene rings is 1. The number of carbonyl (C=O) groups excluding carboxylic acids is 3. The maximum absolute atomic E-state index is 12.8. The molecule has 0 unspecified atom stereocenters. The third kappa shape index (κ3) is 6.74. The van der Waals surface area contributed by atoms with Gasteiger partial charge in [-0.25, -0.2) is 0 Å². The molecule has 0 bridgehead atoms. The van der Waals surface area contributed by atoms with Crippen LogP contribution in [0.2, 0.25) is 0 Å². The smallest absolute Gasteiger partial charge is 0.308 e. The summed E-state index contributed by atoms with van der Waals surface area (Å²) >= 11 is 0. The van der Waals surface area contributed by atoms with E-state index in [2.05, 4.69) is 5.32 Å². The Hall–Kier alpha value is -2.61. The lowest BCUT2D eigenvalue weighted by atomic mass is 9.97. The molecule has 1 aliphatic rings. The van der Waals surface area contributed by atoms with Crippen LogP contribution in [0.15, 0.2) is 24.3 Å². The number of hydrogen-bond donors (Lipinski definition) is 1. The highest BCUT2D eigenvalue weighted by molar-refractivity contribution is 5.95. The number of para-hydroxylation sites is 2. The average Bonchev–Trinajstić information content (AvgIpc) is 2.73. The molecule has 0 radical (unpaired) electrons. The molecule has 2 rings (SSSR count). The van der Waals surface area contributed by atoms with Gasteiger partial charge in [0.2, 0.25) is 11.8 Å². The minimum atomic E-state index is -0.263. The molecular formula is C21H31N3O5. The first-order valence-electron chi connectivity index (χ1n) is 9.99. The number of carbonyl (C=O) groups is 3. The van der Waals surface area contributed by atoms with E-state index >= 15 is 0 Å². The minimum Gasteiger partial charge on any atom is -0.495 e. The van der Waals surface area contributed by atoms with Crippen LogP contribution in [0.4, 0.5) is 5.69 Å². The lowest BCUT2D eigenvalue weighted by Gasteiger charge is -2.32. The molecule has 1 aromatic carbocycles. The van der Waals surface area contributed by atoms with Crippen LogP contribution in [0.3, 0.4) is 0 Å². The molecule has 8 heteroatoms. The molecule has 1 aromatic rings. The molecule has 1 aliphatic heterocycles. The second kappa shape index (κ2) is 11.4. The van der Waals surface area contributed by atoms with Crippen molar-refractivity contribution in [2.24, 2.45) is 5.92 Å². The van der Waals surface area contributed by atoms with Crippen LogP contribution in [0.25, 0.3) is 0 Å². The van der Waals surface area contributed by atoms with Crippen molar-refractivity contribution in [1.82, 2.24) is 9.80 Å². The van der Waals surface area contributed by atoms with Crippen molar-refractivity contribution >= 4 is 23.5 Å². The fraction of sp³-hybridized carbons (Fsp3) is 0.571. The first-order chi connectivity index (χ1) is 14.0. The molecule has 2 amide bonds. The maximum Gasteiger partial charge on any atom is 0.308 e. The highest BCUT2D eigenvalue weighted by atomic mass is 16.5. The summed E-state index contributed by atoms with van der Waals surface area (Å²) in [7, 11) is 2.94. The normalized spacial score (nSPS) is 14.9. The SMILES string of the molecule is CCCN(CC(=O)Nc1ccccc1OC)C(=O)CN1CCC(C(=O)OC)CC1. The zero-order valence-corrected chi connectivity index (χ0v) is 17.5. The van der Waals surface area contributed by atoms with Gasteiger partial charge in [0.15, 0.2) is 0 Å². The largest absolute Gasteiger partial charge is 0.495 e. The summed E-state index contributed by atoms with van der Waals surface area (Å²) in [5, 5.41) is 2.81. The molecule has 0 aliphatic carbocycles. The van der Waals surface area contributed by atoms with Gasteiger partial charge in [0, 0.05) is 6.54 Å². The van der Waals surface area contributed by atoms with E-state index in [1.807, 2.05) is 24.0 Å². The lowest BCUT2D eigenvalue weighted by molar-refractivity contribution is -0.147. The number of esters is 1. The molecule has 0 aromatic heterocycles. The number of hydrogen-bond acceptors (Lipinski definition) is 6. The molecule has 0 spiro atoms. The number of likely N-dealkylation sites (tertiary alicyclic amines) is 1. The zero-order valence-electron chi connectivity index (χ0n) is 17.5.